The van der Waals surface area contributed by atoms with Crippen molar-refractivity contribution in [1.82, 2.24) is 15.2 Å². The number of hydrogen-bond donors (Lipinski definition) is 2. The largest absolute Gasteiger partial charge is 0.459 e. The van der Waals surface area contributed by atoms with Crippen molar-refractivity contribution in [1.29, 1.82) is 0 Å². The Labute approximate surface area is 229 Å². The molecule has 0 aliphatic heterocycles. The normalized spacial score (nSPS) is 17.4. The quantitative estimate of drug-likeness (QED) is 0.245. The molecule has 4 aromatic rings. The summed E-state index contributed by atoms with van der Waals surface area (Å²) < 4.78 is 49.9. The average Bonchev–Trinajstić information content (AvgIpc) is 3.34. The minimum Gasteiger partial charge on any atom is -0.459 e. The Morgan fingerprint density at radius 2 is 1.80 bits per heavy atom. The van der Waals surface area contributed by atoms with Gasteiger partial charge in [0, 0.05) is 30.0 Å². The molecule has 2 aromatic carbocycles. The second-order valence-corrected chi connectivity index (χ2v) is 11.1. The number of hydrogen-bond acceptors (Lipinski definition) is 8. The summed E-state index contributed by atoms with van der Waals surface area (Å²) in [6.07, 6.45) is -3.29. The number of nitrogens with zero attached hydrogens (tertiary/aromatic N) is 3. The number of alkyl halides is 3. The van der Waals surface area contributed by atoms with Crippen molar-refractivity contribution in [2.75, 3.05) is 17.2 Å². The highest BCUT2D eigenvalue weighted by Crippen LogP contribution is 2.36. The molecule has 11 heteroatoms. The van der Waals surface area contributed by atoms with Gasteiger partial charge in [-0.1, -0.05) is 44.1 Å². The number of benzene rings is 2. The number of esters is 1. The van der Waals surface area contributed by atoms with Crippen molar-refractivity contribution in [3.8, 4) is 11.6 Å². The lowest BCUT2D eigenvalue weighted by molar-refractivity contribution is -0.115. The lowest BCUT2D eigenvalue weighted by Gasteiger charge is -2.34. The van der Waals surface area contributed by atoms with E-state index in [1.807, 2.05) is 33.8 Å². The number of aromatic nitrogens is 3. The first kappa shape index (κ1) is 27.4. The minimum atomic E-state index is -4.33. The van der Waals surface area contributed by atoms with Gasteiger partial charge in [0.15, 0.2) is 0 Å². The van der Waals surface area contributed by atoms with Gasteiger partial charge in [-0.05, 0) is 53.8 Å². The van der Waals surface area contributed by atoms with Crippen LogP contribution in [-0.2, 0) is 10.2 Å². The lowest BCUT2D eigenvalue weighted by atomic mass is 9.84. The molecule has 1 aliphatic carbocycles. The second-order valence-electron chi connectivity index (χ2n) is 11.1. The number of carbonyl (C=O) groups is 1. The molecule has 0 saturated heterocycles. The Hall–Kier alpha value is -4.15. The molecule has 1 saturated carbocycles. The van der Waals surface area contributed by atoms with E-state index in [0.29, 0.717) is 35.3 Å². The zero-order valence-corrected chi connectivity index (χ0v) is 22.6. The van der Waals surface area contributed by atoms with Crippen LogP contribution < -0.4 is 10.6 Å². The molecule has 210 valence electrons. The van der Waals surface area contributed by atoms with Gasteiger partial charge in [-0.3, -0.25) is 0 Å². The van der Waals surface area contributed by atoms with E-state index in [1.54, 1.807) is 42.5 Å². The van der Waals surface area contributed by atoms with Gasteiger partial charge in [-0.2, -0.15) is 13.2 Å². The Bertz CT molecular complexity index is 1520. The van der Waals surface area contributed by atoms with E-state index < -0.39 is 18.1 Å². The third-order valence-corrected chi connectivity index (χ3v) is 6.77. The van der Waals surface area contributed by atoms with Crippen LogP contribution in [0.5, 0.6) is 0 Å². The molecule has 40 heavy (non-hydrogen) atoms. The van der Waals surface area contributed by atoms with E-state index in [-0.39, 0.29) is 30.0 Å². The Morgan fingerprint density at radius 3 is 2.48 bits per heavy atom. The van der Waals surface area contributed by atoms with Gasteiger partial charge >= 0.3 is 18.2 Å². The van der Waals surface area contributed by atoms with Gasteiger partial charge in [0.05, 0.1) is 11.1 Å². The fourth-order valence-corrected chi connectivity index (χ4v) is 4.61. The van der Waals surface area contributed by atoms with Crippen LogP contribution in [0.3, 0.4) is 0 Å². The third kappa shape index (κ3) is 6.19. The van der Waals surface area contributed by atoms with Crippen molar-refractivity contribution in [2.24, 2.45) is 0 Å². The van der Waals surface area contributed by atoms with Crippen molar-refractivity contribution in [3.05, 3.63) is 65.2 Å². The zero-order valence-electron chi connectivity index (χ0n) is 22.6. The highest BCUT2D eigenvalue weighted by Gasteiger charge is 2.34. The maximum atomic E-state index is 12.8. The van der Waals surface area contributed by atoms with Gasteiger partial charge in [-0.25, -0.2) is 9.78 Å². The van der Waals surface area contributed by atoms with Gasteiger partial charge in [0.1, 0.15) is 18.3 Å². The van der Waals surface area contributed by atoms with Crippen molar-refractivity contribution < 1.29 is 27.1 Å². The number of rotatable bonds is 7. The van der Waals surface area contributed by atoms with Crippen LogP contribution >= 0.6 is 0 Å². The van der Waals surface area contributed by atoms with E-state index >= 15 is 0 Å². The van der Waals surface area contributed by atoms with Crippen LogP contribution in [0.1, 0.15) is 55.1 Å². The number of carbonyl (C=O) groups excluding carboxylic acids is 1. The lowest BCUT2D eigenvalue weighted by Crippen LogP contribution is -2.42. The number of fused-ring (bicyclic) bond motifs is 1. The van der Waals surface area contributed by atoms with E-state index in [2.05, 4.69) is 20.8 Å². The maximum absolute atomic E-state index is 12.8. The van der Waals surface area contributed by atoms with Gasteiger partial charge in [0.25, 0.3) is 5.89 Å². The van der Waals surface area contributed by atoms with Gasteiger partial charge in [0.2, 0.25) is 0 Å². The van der Waals surface area contributed by atoms with Crippen LogP contribution in [0.4, 0.5) is 24.9 Å². The average molecular weight is 554 g/mol. The second kappa shape index (κ2) is 10.4. The highest BCUT2D eigenvalue weighted by molar-refractivity contribution is 5.91. The molecule has 0 bridgehead atoms. The Balaban J connectivity index is 1.30. The summed E-state index contributed by atoms with van der Waals surface area (Å²) in [6, 6.07) is 14.3. The molecule has 0 spiro atoms. The summed E-state index contributed by atoms with van der Waals surface area (Å²) in [6.45, 7) is 6.69. The first-order valence-corrected chi connectivity index (χ1v) is 13.0. The smallest absolute Gasteiger partial charge is 0.405 e. The Morgan fingerprint density at radius 1 is 1.07 bits per heavy atom. The Kier molecular flexibility index (Phi) is 7.16. The number of anilines is 2. The van der Waals surface area contributed by atoms with Crippen molar-refractivity contribution in [3.63, 3.8) is 0 Å². The molecule has 5 rings (SSSR count). The van der Waals surface area contributed by atoms with E-state index in [9.17, 15) is 18.0 Å². The molecule has 0 atom stereocenters. The number of aryl methyl sites for hydroxylation is 1. The van der Waals surface area contributed by atoms with E-state index in [0.717, 1.165) is 16.5 Å². The molecule has 0 radical (unpaired) electrons. The topological polar surface area (TPSA) is 102 Å². The molecule has 2 N–H and O–H groups in total. The first-order valence-electron chi connectivity index (χ1n) is 13.0. The summed E-state index contributed by atoms with van der Waals surface area (Å²) in [5, 5.41) is 14.7. The predicted octanol–water partition coefficient (Wildman–Crippen LogP) is 6.66. The van der Waals surface area contributed by atoms with Crippen LogP contribution in [0, 0.1) is 6.92 Å². The van der Waals surface area contributed by atoms with Crippen LogP contribution in [0.15, 0.2) is 52.9 Å². The monoisotopic (exact) mass is 553 g/mol. The number of halogens is 3. The maximum Gasteiger partial charge on any atom is 0.405 e. The minimum absolute atomic E-state index is 0.0169. The summed E-state index contributed by atoms with van der Waals surface area (Å²) in [5.74, 6) is -0.127. The van der Waals surface area contributed by atoms with Crippen LogP contribution in [0.2, 0.25) is 0 Å². The number of pyridine rings is 1. The predicted molar refractivity (Wildman–Crippen MR) is 145 cm³/mol. The van der Waals surface area contributed by atoms with Gasteiger partial charge < -0.3 is 19.8 Å². The molecular weight excluding hydrogens is 523 g/mol. The fourth-order valence-electron chi connectivity index (χ4n) is 4.61. The molecule has 2 aromatic heterocycles. The zero-order chi connectivity index (χ0) is 28.7. The van der Waals surface area contributed by atoms with Gasteiger partial charge in [-0.15, -0.1) is 5.10 Å². The van der Waals surface area contributed by atoms with E-state index in [4.69, 9.17) is 14.1 Å². The third-order valence-electron chi connectivity index (χ3n) is 6.77. The standard InChI is InChI=1S/C29H30F3N5O3/c1-16-10-23(35-24-21(16)13-18(33-15-29(30,31)32)14-22(24)28(2,3)4)25-36-37-27(40-25)34-19-11-20(12-19)39-26(38)17-8-6-5-7-9-17/h5-10,13-14,19-20,33H,11-12,15H2,1-4H3,(H,34,37). The molecule has 8 nitrogen and oxygen atoms in total. The summed E-state index contributed by atoms with van der Waals surface area (Å²) in [4.78, 5) is 17.0. The molecule has 1 fully saturated rings. The van der Waals surface area contributed by atoms with Crippen molar-refractivity contribution >= 4 is 28.6 Å². The summed E-state index contributed by atoms with van der Waals surface area (Å²) in [5.41, 5.74) is 3.24. The number of ether oxygens (including phenoxy) is 1. The van der Waals surface area contributed by atoms with Crippen molar-refractivity contribution in [2.45, 2.75) is 64.3 Å². The van der Waals surface area contributed by atoms with E-state index in [1.165, 1.54) is 0 Å². The molecular formula is C29H30F3N5O3. The first-order chi connectivity index (χ1) is 18.9. The molecule has 0 amide bonds. The van der Waals surface area contributed by atoms with Crippen LogP contribution in [-0.4, -0.2) is 46.0 Å². The molecule has 2 heterocycles. The number of nitrogens with one attached hydrogen (secondary N) is 2. The molecule has 0 unspecified atom stereocenters. The molecule has 1 aliphatic rings. The SMILES string of the molecule is Cc1cc(-c2nnc(NC3CC(OC(=O)c4ccccc4)C3)o2)nc2c(C(C)(C)C)cc(NCC(F)(F)F)cc12. The highest BCUT2D eigenvalue weighted by atomic mass is 19.4. The van der Waals surface area contributed by atoms with Crippen LogP contribution in [0.25, 0.3) is 22.5 Å². The summed E-state index contributed by atoms with van der Waals surface area (Å²) in [7, 11) is 0. The summed E-state index contributed by atoms with van der Waals surface area (Å²) >= 11 is 0. The fraction of sp³-hybridized carbons (Fsp3) is 0.379.